The van der Waals surface area contributed by atoms with Crippen LogP contribution in [-0.2, 0) is 13.0 Å². The Morgan fingerprint density at radius 1 is 1.35 bits per heavy atom. The summed E-state index contributed by atoms with van der Waals surface area (Å²) in [7, 11) is 0. The van der Waals surface area contributed by atoms with Gasteiger partial charge in [-0.1, -0.05) is 19.9 Å². The van der Waals surface area contributed by atoms with Crippen LogP contribution in [0.2, 0.25) is 0 Å². The Kier molecular flexibility index (Phi) is 5.99. The van der Waals surface area contributed by atoms with Crippen molar-refractivity contribution in [3.8, 4) is 0 Å². The van der Waals surface area contributed by atoms with E-state index in [-0.39, 0.29) is 0 Å². The van der Waals surface area contributed by atoms with Crippen LogP contribution in [0.15, 0.2) is 18.3 Å². The number of piperidine rings is 1. The minimum Gasteiger partial charge on any atom is -0.308 e. The summed E-state index contributed by atoms with van der Waals surface area (Å²) in [5.74, 6) is 0.812. The first-order chi connectivity index (χ1) is 9.74. The number of nitrogens with one attached hydrogen (secondary N) is 1. The lowest BCUT2D eigenvalue weighted by molar-refractivity contribution is 0.168. The molecule has 20 heavy (non-hydrogen) atoms. The predicted molar refractivity (Wildman–Crippen MR) is 84.8 cm³/mol. The average Bonchev–Trinajstić information content (AvgIpc) is 2.53. The van der Waals surface area contributed by atoms with Gasteiger partial charge in [-0.05, 0) is 63.4 Å². The summed E-state index contributed by atoms with van der Waals surface area (Å²) in [6.45, 7) is 11.4. The van der Waals surface area contributed by atoms with Crippen LogP contribution in [0.3, 0.4) is 0 Å². The molecule has 1 saturated heterocycles. The highest BCUT2D eigenvalue weighted by Gasteiger charge is 2.22. The van der Waals surface area contributed by atoms with Crippen molar-refractivity contribution in [1.82, 2.24) is 15.2 Å². The van der Waals surface area contributed by atoms with Crippen molar-refractivity contribution in [3.63, 3.8) is 0 Å². The standard InChI is InChI=1S/C17H29N3/c1-4-15-7-6-10-18-17(15)13-19-14(3)16-8-11-20(5-2)12-9-16/h6-7,10,14,16,19H,4-5,8-9,11-13H2,1-3H3. The largest absolute Gasteiger partial charge is 0.308 e. The zero-order valence-electron chi connectivity index (χ0n) is 13.2. The van der Waals surface area contributed by atoms with Crippen LogP contribution < -0.4 is 5.32 Å². The van der Waals surface area contributed by atoms with Crippen molar-refractivity contribution in [1.29, 1.82) is 0 Å². The molecule has 1 fully saturated rings. The van der Waals surface area contributed by atoms with Gasteiger partial charge in [0.2, 0.25) is 0 Å². The third-order valence-corrected chi connectivity index (χ3v) is 4.74. The highest BCUT2D eigenvalue weighted by atomic mass is 15.1. The van der Waals surface area contributed by atoms with Gasteiger partial charge in [-0.25, -0.2) is 0 Å². The summed E-state index contributed by atoms with van der Waals surface area (Å²) in [5.41, 5.74) is 2.58. The summed E-state index contributed by atoms with van der Waals surface area (Å²) in [6.07, 6.45) is 5.62. The van der Waals surface area contributed by atoms with Gasteiger partial charge in [0.05, 0.1) is 5.69 Å². The Morgan fingerprint density at radius 2 is 2.10 bits per heavy atom. The molecule has 112 valence electrons. The van der Waals surface area contributed by atoms with Gasteiger partial charge in [0, 0.05) is 18.8 Å². The molecule has 0 bridgehead atoms. The highest BCUT2D eigenvalue weighted by molar-refractivity contribution is 5.19. The van der Waals surface area contributed by atoms with Crippen LogP contribution in [0.25, 0.3) is 0 Å². The van der Waals surface area contributed by atoms with Crippen molar-refractivity contribution < 1.29 is 0 Å². The fraction of sp³-hybridized carbons (Fsp3) is 0.706. The van der Waals surface area contributed by atoms with Gasteiger partial charge in [0.25, 0.3) is 0 Å². The Hall–Kier alpha value is -0.930. The van der Waals surface area contributed by atoms with Crippen molar-refractivity contribution in [2.24, 2.45) is 5.92 Å². The van der Waals surface area contributed by atoms with Gasteiger partial charge in [-0.2, -0.15) is 0 Å². The topological polar surface area (TPSA) is 28.2 Å². The number of rotatable bonds is 6. The van der Waals surface area contributed by atoms with Gasteiger partial charge in [0.1, 0.15) is 0 Å². The molecular weight excluding hydrogens is 246 g/mol. The minimum atomic E-state index is 0.584. The van der Waals surface area contributed by atoms with E-state index in [0.717, 1.165) is 18.9 Å². The highest BCUT2D eigenvalue weighted by Crippen LogP contribution is 2.20. The average molecular weight is 275 g/mol. The molecule has 1 aliphatic rings. The number of hydrogen-bond acceptors (Lipinski definition) is 3. The maximum Gasteiger partial charge on any atom is 0.0573 e. The molecule has 2 rings (SSSR count). The van der Waals surface area contributed by atoms with E-state index < -0.39 is 0 Å². The van der Waals surface area contributed by atoms with E-state index in [9.17, 15) is 0 Å². The molecule has 0 aliphatic carbocycles. The summed E-state index contributed by atoms with van der Waals surface area (Å²) in [5, 5.41) is 3.70. The molecule has 0 aromatic carbocycles. The number of hydrogen-bond donors (Lipinski definition) is 1. The maximum atomic E-state index is 4.52. The van der Waals surface area contributed by atoms with E-state index in [0.29, 0.717) is 6.04 Å². The van der Waals surface area contributed by atoms with Crippen LogP contribution >= 0.6 is 0 Å². The van der Waals surface area contributed by atoms with E-state index in [1.54, 1.807) is 0 Å². The van der Waals surface area contributed by atoms with E-state index >= 15 is 0 Å². The van der Waals surface area contributed by atoms with Crippen LogP contribution in [0, 0.1) is 5.92 Å². The quantitative estimate of drug-likeness (QED) is 0.865. The summed E-state index contributed by atoms with van der Waals surface area (Å²) in [6, 6.07) is 4.81. The van der Waals surface area contributed by atoms with E-state index in [4.69, 9.17) is 0 Å². The van der Waals surface area contributed by atoms with Crippen molar-refractivity contribution in [3.05, 3.63) is 29.6 Å². The van der Waals surface area contributed by atoms with Crippen LogP contribution in [-0.4, -0.2) is 35.6 Å². The monoisotopic (exact) mass is 275 g/mol. The number of likely N-dealkylation sites (tertiary alicyclic amines) is 1. The number of nitrogens with zero attached hydrogens (tertiary/aromatic N) is 2. The maximum absolute atomic E-state index is 4.52. The predicted octanol–water partition coefficient (Wildman–Crippen LogP) is 2.85. The molecule has 0 radical (unpaired) electrons. The fourth-order valence-electron chi connectivity index (χ4n) is 3.15. The van der Waals surface area contributed by atoms with Crippen molar-refractivity contribution >= 4 is 0 Å². The molecule has 1 aromatic heterocycles. The van der Waals surface area contributed by atoms with Gasteiger partial charge in [-0.15, -0.1) is 0 Å². The summed E-state index contributed by atoms with van der Waals surface area (Å²) < 4.78 is 0. The lowest BCUT2D eigenvalue weighted by atomic mass is 9.90. The summed E-state index contributed by atoms with van der Waals surface area (Å²) in [4.78, 5) is 7.07. The second-order valence-electron chi connectivity index (χ2n) is 5.90. The van der Waals surface area contributed by atoms with Gasteiger partial charge >= 0.3 is 0 Å². The molecule has 3 nitrogen and oxygen atoms in total. The number of aryl methyl sites for hydroxylation is 1. The smallest absolute Gasteiger partial charge is 0.0573 e. The van der Waals surface area contributed by atoms with Gasteiger partial charge in [-0.3, -0.25) is 4.98 Å². The molecule has 0 spiro atoms. The Labute approximate surface area is 123 Å². The number of aromatic nitrogens is 1. The SMILES string of the molecule is CCc1cccnc1CNC(C)C1CCN(CC)CC1. The lowest BCUT2D eigenvalue weighted by Gasteiger charge is -2.34. The molecule has 1 aliphatic heterocycles. The first kappa shape index (κ1) is 15.5. The van der Waals surface area contributed by atoms with Crippen molar-refractivity contribution in [2.75, 3.05) is 19.6 Å². The zero-order valence-corrected chi connectivity index (χ0v) is 13.2. The second-order valence-corrected chi connectivity index (χ2v) is 5.90. The van der Waals surface area contributed by atoms with Crippen LogP contribution in [0.5, 0.6) is 0 Å². The van der Waals surface area contributed by atoms with Gasteiger partial charge < -0.3 is 10.2 Å². The molecule has 1 unspecified atom stereocenters. The fourth-order valence-corrected chi connectivity index (χ4v) is 3.15. The van der Waals surface area contributed by atoms with Gasteiger partial charge in [0.15, 0.2) is 0 Å². The number of pyridine rings is 1. The van der Waals surface area contributed by atoms with Crippen molar-refractivity contribution in [2.45, 2.75) is 52.6 Å². The molecule has 3 heteroatoms. The van der Waals surface area contributed by atoms with E-state index in [1.807, 2.05) is 12.3 Å². The minimum absolute atomic E-state index is 0.584. The second kappa shape index (κ2) is 7.75. The molecule has 1 atom stereocenters. The summed E-state index contributed by atoms with van der Waals surface area (Å²) >= 11 is 0. The molecule has 2 heterocycles. The molecule has 0 amide bonds. The normalized spacial score (nSPS) is 19.1. The molecule has 1 aromatic rings. The Bertz CT molecular complexity index is 397. The molecule has 0 saturated carbocycles. The lowest BCUT2D eigenvalue weighted by Crippen LogP contribution is -2.41. The zero-order chi connectivity index (χ0) is 14.4. The Balaban J connectivity index is 1.82. The first-order valence-electron chi connectivity index (χ1n) is 8.13. The third-order valence-electron chi connectivity index (χ3n) is 4.74. The first-order valence-corrected chi connectivity index (χ1v) is 8.13. The van der Waals surface area contributed by atoms with E-state index in [1.165, 1.54) is 43.7 Å². The molecule has 1 N–H and O–H groups in total. The van der Waals surface area contributed by atoms with E-state index in [2.05, 4.69) is 42.0 Å². The molecular formula is C17H29N3. The third kappa shape index (κ3) is 4.03. The Morgan fingerprint density at radius 3 is 2.75 bits per heavy atom. The van der Waals surface area contributed by atoms with Crippen LogP contribution in [0.4, 0.5) is 0 Å². The van der Waals surface area contributed by atoms with Crippen LogP contribution in [0.1, 0.15) is 44.9 Å².